The molecule has 1 fully saturated rings. The van der Waals surface area contributed by atoms with E-state index in [1.54, 1.807) is 7.11 Å². The largest absolute Gasteiger partial charge is 0.379 e. The molecular weight excluding hydrogens is 188 g/mol. The van der Waals surface area contributed by atoms with Crippen LogP contribution in [0.5, 0.6) is 0 Å². The summed E-state index contributed by atoms with van der Waals surface area (Å²) in [5.74, 6) is 0.939. The SMILES string of the molecule is CCC1CCCN(CC(CN)OC)CC1. The van der Waals surface area contributed by atoms with Crippen molar-refractivity contribution in [3.63, 3.8) is 0 Å². The van der Waals surface area contributed by atoms with Crippen molar-refractivity contribution in [3.8, 4) is 0 Å². The summed E-state index contributed by atoms with van der Waals surface area (Å²) in [6, 6.07) is 0. The molecule has 2 atom stereocenters. The molecule has 2 N–H and O–H groups in total. The first-order valence-electron chi connectivity index (χ1n) is 6.25. The number of methoxy groups -OCH3 is 1. The van der Waals surface area contributed by atoms with E-state index in [-0.39, 0.29) is 6.10 Å². The molecule has 0 aliphatic carbocycles. The van der Waals surface area contributed by atoms with E-state index >= 15 is 0 Å². The molecule has 1 aliphatic rings. The number of nitrogens with zero attached hydrogens (tertiary/aromatic N) is 1. The van der Waals surface area contributed by atoms with Crippen LogP contribution in [0.25, 0.3) is 0 Å². The van der Waals surface area contributed by atoms with Crippen molar-refractivity contribution in [1.82, 2.24) is 4.90 Å². The topological polar surface area (TPSA) is 38.5 Å². The molecule has 0 amide bonds. The summed E-state index contributed by atoms with van der Waals surface area (Å²) in [5.41, 5.74) is 5.64. The minimum atomic E-state index is 0.211. The van der Waals surface area contributed by atoms with E-state index < -0.39 is 0 Å². The van der Waals surface area contributed by atoms with Crippen LogP contribution in [0, 0.1) is 5.92 Å². The van der Waals surface area contributed by atoms with Crippen LogP contribution < -0.4 is 5.73 Å². The Morgan fingerprint density at radius 3 is 2.80 bits per heavy atom. The van der Waals surface area contributed by atoms with Crippen molar-refractivity contribution in [1.29, 1.82) is 0 Å². The second kappa shape index (κ2) is 7.20. The summed E-state index contributed by atoms with van der Waals surface area (Å²) in [5, 5.41) is 0. The Hall–Kier alpha value is -0.120. The molecule has 0 aromatic heterocycles. The fourth-order valence-corrected chi connectivity index (χ4v) is 2.35. The van der Waals surface area contributed by atoms with E-state index in [1.807, 2.05) is 0 Å². The van der Waals surface area contributed by atoms with Gasteiger partial charge in [-0.2, -0.15) is 0 Å². The maximum absolute atomic E-state index is 5.64. The van der Waals surface area contributed by atoms with Gasteiger partial charge >= 0.3 is 0 Å². The molecule has 0 aromatic rings. The smallest absolute Gasteiger partial charge is 0.0820 e. The van der Waals surface area contributed by atoms with Crippen LogP contribution in [0.1, 0.15) is 32.6 Å². The van der Waals surface area contributed by atoms with Gasteiger partial charge in [-0.05, 0) is 38.3 Å². The van der Waals surface area contributed by atoms with Crippen LogP contribution in [0.2, 0.25) is 0 Å². The summed E-state index contributed by atoms with van der Waals surface area (Å²) in [6.45, 7) is 6.38. The molecule has 0 bridgehead atoms. The maximum atomic E-state index is 5.64. The Kier molecular flexibility index (Phi) is 6.22. The highest BCUT2D eigenvalue weighted by Crippen LogP contribution is 2.20. The van der Waals surface area contributed by atoms with Gasteiger partial charge in [0.05, 0.1) is 6.10 Å². The number of ether oxygens (including phenoxy) is 1. The van der Waals surface area contributed by atoms with Crippen molar-refractivity contribution in [3.05, 3.63) is 0 Å². The predicted molar refractivity (Wildman–Crippen MR) is 63.9 cm³/mol. The molecule has 2 unspecified atom stereocenters. The fraction of sp³-hybridized carbons (Fsp3) is 1.00. The highest BCUT2D eigenvalue weighted by molar-refractivity contribution is 4.72. The standard InChI is InChI=1S/C12H26N2O/c1-3-11-5-4-7-14(8-6-11)10-12(9-13)15-2/h11-12H,3-10,13H2,1-2H3. The number of hydrogen-bond donors (Lipinski definition) is 1. The molecule has 15 heavy (non-hydrogen) atoms. The van der Waals surface area contributed by atoms with Gasteiger partial charge in [0.2, 0.25) is 0 Å². The van der Waals surface area contributed by atoms with Crippen LogP contribution in [-0.4, -0.2) is 44.3 Å². The van der Waals surface area contributed by atoms with Gasteiger partial charge in [0, 0.05) is 20.2 Å². The van der Waals surface area contributed by atoms with E-state index in [4.69, 9.17) is 10.5 Å². The van der Waals surface area contributed by atoms with E-state index in [0.717, 1.165) is 12.5 Å². The molecule has 3 heteroatoms. The minimum Gasteiger partial charge on any atom is -0.379 e. The molecule has 0 spiro atoms. The van der Waals surface area contributed by atoms with Crippen molar-refractivity contribution >= 4 is 0 Å². The Morgan fingerprint density at radius 1 is 1.40 bits per heavy atom. The van der Waals surface area contributed by atoms with Crippen molar-refractivity contribution in [2.24, 2.45) is 11.7 Å². The highest BCUT2D eigenvalue weighted by atomic mass is 16.5. The average Bonchev–Trinajstić information content (AvgIpc) is 2.50. The quantitative estimate of drug-likeness (QED) is 0.753. The average molecular weight is 214 g/mol. The first-order valence-corrected chi connectivity index (χ1v) is 6.25. The van der Waals surface area contributed by atoms with Gasteiger partial charge in [0.15, 0.2) is 0 Å². The lowest BCUT2D eigenvalue weighted by molar-refractivity contribution is 0.0707. The molecule has 0 radical (unpaired) electrons. The zero-order valence-corrected chi connectivity index (χ0v) is 10.2. The summed E-state index contributed by atoms with van der Waals surface area (Å²) < 4.78 is 5.33. The second-order valence-corrected chi connectivity index (χ2v) is 4.60. The normalized spacial score (nSPS) is 26.2. The van der Waals surface area contributed by atoms with Gasteiger partial charge in [-0.3, -0.25) is 0 Å². The number of nitrogens with two attached hydrogens (primary N) is 1. The van der Waals surface area contributed by atoms with E-state index in [1.165, 1.54) is 38.8 Å². The molecule has 1 aliphatic heterocycles. The Labute approximate surface area is 94.0 Å². The Morgan fingerprint density at radius 2 is 2.20 bits per heavy atom. The van der Waals surface area contributed by atoms with Gasteiger partial charge in [0.1, 0.15) is 0 Å². The van der Waals surface area contributed by atoms with Crippen LogP contribution >= 0.6 is 0 Å². The fourth-order valence-electron chi connectivity index (χ4n) is 2.35. The number of likely N-dealkylation sites (tertiary alicyclic amines) is 1. The van der Waals surface area contributed by atoms with Gasteiger partial charge in [-0.15, -0.1) is 0 Å². The molecule has 0 saturated carbocycles. The predicted octanol–water partition coefficient (Wildman–Crippen LogP) is 1.47. The van der Waals surface area contributed by atoms with Gasteiger partial charge in [-0.25, -0.2) is 0 Å². The molecule has 1 heterocycles. The molecular formula is C12H26N2O. The highest BCUT2D eigenvalue weighted by Gasteiger charge is 2.17. The van der Waals surface area contributed by atoms with Crippen molar-refractivity contribution in [2.45, 2.75) is 38.7 Å². The Bertz CT molecular complexity index is 160. The number of rotatable bonds is 5. The summed E-state index contributed by atoms with van der Waals surface area (Å²) >= 11 is 0. The van der Waals surface area contributed by atoms with Gasteiger partial charge in [-0.1, -0.05) is 13.3 Å². The molecule has 90 valence electrons. The molecule has 1 rings (SSSR count). The Balaban J connectivity index is 2.30. The van der Waals surface area contributed by atoms with Gasteiger partial charge < -0.3 is 15.4 Å². The first kappa shape index (κ1) is 12.9. The molecule has 3 nitrogen and oxygen atoms in total. The van der Waals surface area contributed by atoms with E-state index in [0.29, 0.717) is 6.54 Å². The van der Waals surface area contributed by atoms with Crippen molar-refractivity contribution < 1.29 is 4.74 Å². The van der Waals surface area contributed by atoms with Crippen LogP contribution in [-0.2, 0) is 4.74 Å². The third-order valence-electron chi connectivity index (χ3n) is 3.58. The van der Waals surface area contributed by atoms with Crippen LogP contribution in [0.4, 0.5) is 0 Å². The van der Waals surface area contributed by atoms with E-state index in [9.17, 15) is 0 Å². The third-order valence-corrected chi connectivity index (χ3v) is 3.58. The first-order chi connectivity index (χ1) is 7.30. The summed E-state index contributed by atoms with van der Waals surface area (Å²) in [4.78, 5) is 2.51. The lowest BCUT2D eigenvalue weighted by Gasteiger charge is -2.24. The van der Waals surface area contributed by atoms with E-state index in [2.05, 4.69) is 11.8 Å². The molecule has 0 aromatic carbocycles. The third kappa shape index (κ3) is 4.49. The summed E-state index contributed by atoms with van der Waals surface area (Å²) in [6.07, 6.45) is 5.62. The minimum absolute atomic E-state index is 0.211. The number of hydrogen-bond acceptors (Lipinski definition) is 3. The lowest BCUT2D eigenvalue weighted by atomic mass is 9.98. The maximum Gasteiger partial charge on any atom is 0.0820 e. The summed E-state index contributed by atoms with van der Waals surface area (Å²) in [7, 11) is 1.75. The lowest BCUT2D eigenvalue weighted by Crippen LogP contribution is -2.38. The van der Waals surface area contributed by atoms with Gasteiger partial charge in [0.25, 0.3) is 0 Å². The molecule has 1 saturated heterocycles. The van der Waals surface area contributed by atoms with Crippen molar-refractivity contribution in [2.75, 3.05) is 33.3 Å². The second-order valence-electron chi connectivity index (χ2n) is 4.60. The monoisotopic (exact) mass is 214 g/mol. The van der Waals surface area contributed by atoms with Crippen LogP contribution in [0.15, 0.2) is 0 Å². The zero-order valence-electron chi connectivity index (χ0n) is 10.2. The zero-order chi connectivity index (χ0) is 11.1. The van der Waals surface area contributed by atoms with Crippen LogP contribution in [0.3, 0.4) is 0 Å².